The molecule has 0 spiro atoms. The van der Waals surface area contributed by atoms with Crippen LogP contribution in [0.1, 0.15) is 38.2 Å². The number of azo groups is 1. The second-order valence-corrected chi connectivity index (χ2v) is 5.55. The molecule has 0 fully saturated rings. The van der Waals surface area contributed by atoms with Crippen LogP contribution in [0.25, 0.3) is 0 Å². The van der Waals surface area contributed by atoms with Crippen LogP contribution in [0, 0.1) is 5.21 Å². The lowest BCUT2D eigenvalue weighted by molar-refractivity contribution is -0.435. The van der Waals surface area contributed by atoms with E-state index in [1.54, 1.807) is 31.4 Å². The molecule has 23 heavy (non-hydrogen) atoms. The Morgan fingerprint density at radius 1 is 0.957 bits per heavy atom. The summed E-state index contributed by atoms with van der Waals surface area (Å²) in [7, 11) is 1.61. The maximum Gasteiger partial charge on any atom is 0.244 e. The Morgan fingerprint density at radius 2 is 1.65 bits per heavy atom. The number of nitrogens with zero attached hydrogens (tertiary/aromatic N) is 2. The highest BCUT2D eigenvalue weighted by Crippen LogP contribution is 2.21. The molecular weight excluding hydrogens is 288 g/mol. The minimum atomic E-state index is 0.540. The zero-order valence-electron chi connectivity index (χ0n) is 13.9. The van der Waals surface area contributed by atoms with E-state index < -0.39 is 0 Å². The predicted octanol–water partition coefficient (Wildman–Crippen LogP) is 5.74. The van der Waals surface area contributed by atoms with Gasteiger partial charge in [0.25, 0.3) is 0 Å². The Bertz CT molecular complexity index is 619. The molecule has 0 amide bonds. The van der Waals surface area contributed by atoms with Crippen molar-refractivity contribution in [1.29, 1.82) is 0 Å². The Hall–Kier alpha value is -2.36. The van der Waals surface area contributed by atoms with Crippen LogP contribution >= 0.6 is 0 Å². The van der Waals surface area contributed by atoms with Crippen LogP contribution in [0.15, 0.2) is 53.6 Å². The van der Waals surface area contributed by atoms with Gasteiger partial charge in [0.1, 0.15) is 11.4 Å². The van der Waals surface area contributed by atoms with Crippen LogP contribution < -0.4 is 4.74 Å². The highest BCUT2D eigenvalue weighted by molar-refractivity contribution is 5.40. The summed E-state index contributed by atoms with van der Waals surface area (Å²) in [5.74, 6) is 0.744. The maximum atomic E-state index is 12.1. The third-order valence-corrected chi connectivity index (χ3v) is 3.75. The van der Waals surface area contributed by atoms with Gasteiger partial charge >= 0.3 is 0 Å². The minimum absolute atomic E-state index is 0.540. The quantitative estimate of drug-likeness (QED) is 0.270. The van der Waals surface area contributed by atoms with Gasteiger partial charge in [-0.25, -0.2) is 0 Å². The van der Waals surface area contributed by atoms with Crippen molar-refractivity contribution in [2.75, 3.05) is 7.11 Å². The van der Waals surface area contributed by atoms with Crippen molar-refractivity contribution >= 4 is 11.4 Å². The summed E-state index contributed by atoms with van der Waals surface area (Å²) in [5, 5.41) is 16.1. The van der Waals surface area contributed by atoms with Gasteiger partial charge in [0, 0.05) is 17.2 Å². The fourth-order valence-corrected chi connectivity index (χ4v) is 2.36. The molecule has 2 aromatic rings. The van der Waals surface area contributed by atoms with Crippen molar-refractivity contribution in [2.45, 2.75) is 39.0 Å². The first kappa shape index (κ1) is 17.0. The zero-order valence-corrected chi connectivity index (χ0v) is 13.9. The van der Waals surface area contributed by atoms with Crippen molar-refractivity contribution < 1.29 is 9.60 Å². The van der Waals surface area contributed by atoms with Crippen LogP contribution in [-0.4, -0.2) is 12.0 Å². The molecule has 0 unspecified atom stereocenters. The average molecular weight is 312 g/mol. The molecule has 0 aliphatic carbocycles. The van der Waals surface area contributed by atoms with Crippen LogP contribution in [-0.2, 0) is 6.42 Å². The monoisotopic (exact) mass is 312 g/mol. The molecule has 0 bridgehead atoms. The second kappa shape index (κ2) is 8.93. The van der Waals surface area contributed by atoms with Gasteiger partial charge in [0.05, 0.1) is 7.11 Å². The number of hydrogen-bond acceptors (Lipinski definition) is 3. The van der Waals surface area contributed by atoms with Crippen molar-refractivity contribution in [3.63, 3.8) is 0 Å². The first-order valence-electron chi connectivity index (χ1n) is 8.15. The molecule has 0 radical (unpaired) electrons. The Labute approximate surface area is 138 Å². The summed E-state index contributed by atoms with van der Waals surface area (Å²) in [4.78, 5) is 0.655. The lowest BCUT2D eigenvalue weighted by Gasteiger charge is -2.03. The van der Waals surface area contributed by atoms with E-state index in [1.807, 2.05) is 24.3 Å². The fraction of sp³-hybridized carbons (Fsp3) is 0.368. The molecule has 122 valence electrons. The van der Waals surface area contributed by atoms with Crippen LogP contribution in [0.5, 0.6) is 5.75 Å². The molecule has 2 rings (SSSR count). The third-order valence-electron chi connectivity index (χ3n) is 3.75. The standard InChI is InChI=1S/C19H24N2O2/c1-3-4-5-6-7-16-8-12-18(13-9-16)21(22)20-17-10-14-19(23-2)15-11-17/h8-15H,3-7H2,1-2H3. The number of ether oxygens (including phenoxy) is 1. The predicted molar refractivity (Wildman–Crippen MR) is 92.7 cm³/mol. The van der Waals surface area contributed by atoms with E-state index in [0.717, 1.165) is 12.2 Å². The molecule has 0 heterocycles. The topological polar surface area (TPSA) is 47.7 Å². The first-order valence-corrected chi connectivity index (χ1v) is 8.15. The molecule has 0 aromatic heterocycles. The van der Waals surface area contributed by atoms with Crippen LogP contribution in [0.2, 0.25) is 0 Å². The molecule has 0 saturated carbocycles. The summed E-state index contributed by atoms with van der Waals surface area (Å²) < 4.78 is 5.09. The summed E-state index contributed by atoms with van der Waals surface area (Å²) >= 11 is 0. The lowest BCUT2D eigenvalue weighted by Crippen LogP contribution is -1.92. The third kappa shape index (κ3) is 5.40. The van der Waals surface area contributed by atoms with E-state index in [2.05, 4.69) is 12.0 Å². The molecule has 0 aliphatic rings. The van der Waals surface area contributed by atoms with Crippen molar-refractivity contribution in [3.05, 3.63) is 59.3 Å². The van der Waals surface area contributed by atoms with E-state index in [0.29, 0.717) is 16.2 Å². The number of aryl methyl sites for hydroxylation is 1. The van der Waals surface area contributed by atoms with Crippen LogP contribution in [0.3, 0.4) is 0 Å². The molecule has 0 atom stereocenters. The maximum absolute atomic E-state index is 12.1. The van der Waals surface area contributed by atoms with Crippen molar-refractivity contribution in [2.24, 2.45) is 5.11 Å². The highest BCUT2D eigenvalue weighted by Gasteiger charge is 2.04. The van der Waals surface area contributed by atoms with Gasteiger partial charge in [0.15, 0.2) is 0 Å². The van der Waals surface area contributed by atoms with Gasteiger partial charge in [-0.2, -0.15) is 0 Å². The first-order chi connectivity index (χ1) is 11.2. The summed E-state index contributed by atoms with van der Waals surface area (Å²) in [6, 6.07) is 14.8. The Balaban J connectivity index is 1.98. The molecule has 4 heteroatoms. The van der Waals surface area contributed by atoms with E-state index in [-0.39, 0.29) is 0 Å². The van der Waals surface area contributed by atoms with E-state index in [9.17, 15) is 5.21 Å². The smallest absolute Gasteiger partial charge is 0.244 e. The van der Waals surface area contributed by atoms with Gasteiger partial charge in [-0.15, -0.1) is 0 Å². The number of methoxy groups -OCH3 is 1. The molecule has 4 nitrogen and oxygen atoms in total. The molecule has 0 saturated heterocycles. The normalized spacial score (nSPS) is 11.5. The minimum Gasteiger partial charge on any atom is -0.594 e. The molecule has 0 aliphatic heterocycles. The average Bonchev–Trinajstić information content (AvgIpc) is 2.60. The Kier molecular flexibility index (Phi) is 6.60. The summed E-state index contributed by atoms with van der Waals surface area (Å²) in [6.45, 7) is 2.21. The van der Waals surface area contributed by atoms with E-state index in [4.69, 9.17) is 4.74 Å². The Morgan fingerprint density at radius 3 is 2.26 bits per heavy atom. The van der Waals surface area contributed by atoms with Gasteiger partial charge in [-0.3, -0.25) is 0 Å². The molecule has 0 N–H and O–H groups in total. The SMILES string of the molecule is CCCCCCc1ccc([N+]([O-])=Nc2ccc(OC)cc2)cc1. The largest absolute Gasteiger partial charge is 0.594 e. The number of unbranched alkanes of at least 4 members (excludes halogenated alkanes) is 3. The summed E-state index contributed by atoms with van der Waals surface area (Å²) in [6.07, 6.45) is 6.06. The highest BCUT2D eigenvalue weighted by atomic mass is 16.5. The van der Waals surface area contributed by atoms with Crippen molar-refractivity contribution in [1.82, 2.24) is 0 Å². The second-order valence-electron chi connectivity index (χ2n) is 5.55. The van der Waals surface area contributed by atoms with Crippen LogP contribution in [0.4, 0.5) is 11.4 Å². The van der Waals surface area contributed by atoms with E-state index >= 15 is 0 Å². The molecular formula is C19H24N2O2. The number of hydrogen-bond donors (Lipinski definition) is 0. The zero-order chi connectivity index (χ0) is 16.5. The molecule has 2 aromatic carbocycles. The summed E-state index contributed by atoms with van der Waals surface area (Å²) in [5.41, 5.74) is 2.41. The van der Waals surface area contributed by atoms with E-state index in [1.165, 1.54) is 31.2 Å². The fourth-order valence-electron chi connectivity index (χ4n) is 2.36. The number of benzene rings is 2. The van der Waals surface area contributed by atoms with Gasteiger partial charge in [-0.1, -0.05) is 43.2 Å². The number of rotatable bonds is 8. The van der Waals surface area contributed by atoms with Crippen molar-refractivity contribution in [3.8, 4) is 5.75 Å². The van der Waals surface area contributed by atoms with Gasteiger partial charge < -0.3 is 9.94 Å². The lowest BCUT2D eigenvalue weighted by atomic mass is 10.1. The van der Waals surface area contributed by atoms with Gasteiger partial charge in [0.2, 0.25) is 5.69 Å². The van der Waals surface area contributed by atoms with Gasteiger partial charge in [-0.05, 0) is 42.7 Å².